The van der Waals surface area contributed by atoms with Crippen molar-refractivity contribution in [2.24, 2.45) is 0 Å². The molecule has 4 aromatic rings. The first-order chi connectivity index (χ1) is 14.0. The van der Waals surface area contributed by atoms with Gasteiger partial charge in [-0.1, -0.05) is 18.2 Å². The Hall–Kier alpha value is -3.68. The number of H-pyrrole nitrogens is 1. The number of aryl methyl sites for hydroxylation is 1. The number of rotatable bonds is 6. The molecule has 2 aromatic carbocycles. The molecule has 4 rings (SSSR count). The van der Waals surface area contributed by atoms with Crippen LogP contribution >= 0.6 is 0 Å². The molecular formula is C21H21N5O3. The van der Waals surface area contributed by atoms with Crippen molar-refractivity contribution >= 4 is 16.7 Å². The number of fused-ring (bicyclic) bond motifs is 1. The van der Waals surface area contributed by atoms with E-state index < -0.39 is 6.04 Å². The zero-order valence-corrected chi connectivity index (χ0v) is 16.6. The predicted octanol–water partition coefficient (Wildman–Crippen LogP) is 3.59. The highest BCUT2D eigenvalue weighted by Crippen LogP contribution is 2.31. The van der Waals surface area contributed by atoms with Gasteiger partial charge in [0.25, 0.3) is 0 Å². The second-order valence-electron chi connectivity index (χ2n) is 6.71. The van der Waals surface area contributed by atoms with Crippen LogP contribution in [0.5, 0.6) is 11.5 Å². The lowest BCUT2D eigenvalue weighted by atomic mass is 10.0. The number of aromatic nitrogens is 5. The van der Waals surface area contributed by atoms with Crippen LogP contribution in [0, 0.1) is 6.92 Å². The van der Waals surface area contributed by atoms with E-state index in [2.05, 4.69) is 20.4 Å². The topological polar surface area (TPSA) is 94.9 Å². The molecule has 0 radical (unpaired) electrons. The zero-order chi connectivity index (χ0) is 20.5. The van der Waals surface area contributed by atoms with Gasteiger partial charge in [0.1, 0.15) is 6.04 Å². The Labute approximate surface area is 167 Å². The summed E-state index contributed by atoms with van der Waals surface area (Å²) < 4.78 is 10.6. The zero-order valence-electron chi connectivity index (χ0n) is 16.6. The molecule has 0 amide bonds. The minimum Gasteiger partial charge on any atom is -0.493 e. The Balaban J connectivity index is 1.65. The van der Waals surface area contributed by atoms with Crippen molar-refractivity contribution in [3.63, 3.8) is 0 Å². The summed E-state index contributed by atoms with van der Waals surface area (Å²) in [6, 6.07) is 12.5. The lowest BCUT2D eigenvalue weighted by Gasteiger charge is -2.09. The van der Waals surface area contributed by atoms with E-state index in [-0.39, 0.29) is 5.78 Å². The summed E-state index contributed by atoms with van der Waals surface area (Å²) in [7, 11) is 3.14. The highest BCUT2D eigenvalue weighted by molar-refractivity contribution is 6.10. The Morgan fingerprint density at radius 3 is 2.62 bits per heavy atom. The van der Waals surface area contributed by atoms with Gasteiger partial charge in [-0.05, 0) is 43.3 Å². The van der Waals surface area contributed by atoms with Crippen LogP contribution in [-0.2, 0) is 0 Å². The summed E-state index contributed by atoms with van der Waals surface area (Å²) in [6.45, 7) is 3.66. The molecule has 2 aromatic heterocycles. The minimum atomic E-state index is -0.602. The van der Waals surface area contributed by atoms with Gasteiger partial charge in [0, 0.05) is 27.7 Å². The van der Waals surface area contributed by atoms with Gasteiger partial charge in [0.05, 0.1) is 14.2 Å². The normalized spacial score (nSPS) is 12.1. The van der Waals surface area contributed by atoms with Crippen LogP contribution < -0.4 is 9.47 Å². The Bertz CT molecular complexity index is 1190. The quantitative estimate of drug-likeness (QED) is 0.505. The number of Topliss-reactive ketones (excluding diaryl/α,β-unsaturated/α-hetero) is 1. The maximum absolute atomic E-state index is 13.2. The molecule has 0 aliphatic heterocycles. The van der Waals surface area contributed by atoms with Crippen LogP contribution in [0.25, 0.3) is 22.3 Å². The van der Waals surface area contributed by atoms with Gasteiger partial charge in [0.15, 0.2) is 17.3 Å². The van der Waals surface area contributed by atoms with Gasteiger partial charge in [-0.3, -0.25) is 4.79 Å². The summed E-state index contributed by atoms with van der Waals surface area (Å²) >= 11 is 0. The smallest absolute Gasteiger partial charge is 0.205 e. The maximum atomic E-state index is 13.2. The molecule has 0 bridgehead atoms. The van der Waals surface area contributed by atoms with Crippen molar-refractivity contribution in [3.8, 4) is 22.9 Å². The number of benzene rings is 2. The van der Waals surface area contributed by atoms with E-state index in [1.165, 1.54) is 4.80 Å². The second kappa shape index (κ2) is 7.38. The molecule has 1 atom stereocenters. The van der Waals surface area contributed by atoms with E-state index in [1.54, 1.807) is 33.3 Å². The number of ether oxygens (including phenoxy) is 2. The number of nitrogens with one attached hydrogen (secondary N) is 1. The summed E-state index contributed by atoms with van der Waals surface area (Å²) in [6.07, 6.45) is 0. The number of aromatic amines is 1. The Morgan fingerprint density at radius 2 is 1.86 bits per heavy atom. The molecule has 0 saturated carbocycles. The van der Waals surface area contributed by atoms with Gasteiger partial charge < -0.3 is 14.5 Å². The highest BCUT2D eigenvalue weighted by atomic mass is 16.5. The lowest BCUT2D eigenvalue weighted by Crippen LogP contribution is -2.19. The van der Waals surface area contributed by atoms with Crippen molar-refractivity contribution in [2.75, 3.05) is 14.2 Å². The summed E-state index contributed by atoms with van der Waals surface area (Å²) in [4.78, 5) is 17.8. The van der Waals surface area contributed by atoms with Crippen molar-refractivity contribution in [3.05, 3.63) is 53.7 Å². The molecule has 148 valence electrons. The van der Waals surface area contributed by atoms with Crippen molar-refractivity contribution < 1.29 is 14.3 Å². The minimum absolute atomic E-state index is 0.0730. The molecule has 8 nitrogen and oxygen atoms in total. The van der Waals surface area contributed by atoms with E-state index in [0.717, 1.165) is 22.2 Å². The number of hydrogen-bond acceptors (Lipinski definition) is 6. The first-order valence-corrected chi connectivity index (χ1v) is 9.17. The van der Waals surface area contributed by atoms with Crippen molar-refractivity contribution in [1.29, 1.82) is 0 Å². The molecule has 0 aliphatic carbocycles. The fraction of sp³-hybridized carbons (Fsp3) is 0.238. The van der Waals surface area contributed by atoms with E-state index in [4.69, 9.17) is 9.47 Å². The van der Waals surface area contributed by atoms with Gasteiger partial charge in [-0.2, -0.15) is 4.80 Å². The van der Waals surface area contributed by atoms with Crippen LogP contribution in [0.2, 0.25) is 0 Å². The van der Waals surface area contributed by atoms with Crippen molar-refractivity contribution in [2.45, 2.75) is 19.9 Å². The number of nitrogens with zero attached hydrogens (tertiary/aromatic N) is 4. The fourth-order valence-corrected chi connectivity index (χ4v) is 3.39. The number of para-hydroxylation sites is 1. The molecule has 8 heteroatoms. The molecule has 0 unspecified atom stereocenters. The van der Waals surface area contributed by atoms with E-state index in [1.807, 2.05) is 37.3 Å². The predicted molar refractivity (Wildman–Crippen MR) is 108 cm³/mol. The van der Waals surface area contributed by atoms with Crippen molar-refractivity contribution in [1.82, 2.24) is 25.2 Å². The summed E-state index contributed by atoms with van der Waals surface area (Å²) in [5.74, 6) is 1.51. The lowest BCUT2D eigenvalue weighted by molar-refractivity contribution is 0.0919. The molecule has 0 aliphatic rings. The average molecular weight is 391 g/mol. The third kappa shape index (κ3) is 3.22. The highest BCUT2D eigenvalue weighted by Gasteiger charge is 2.25. The van der Waals surface area contributed by atoms with Gasteiger partial charge in [-0.15, -0.1) is 10.2 Å². The Morgan fingerprint density at radius 1 is 1.10 bits per heavy atom. The fourth-order valence-electron chi connectivity index (χ4n) is 3.39. The summed E-state index contributed by atoms with van der Waals surface area (Å²) in [5, 5.41) is 13.5. The van der Waals surface area contributed by atoms with E-state index in [0.29, 0.717) is 22.9 Å². The third-order valence-electron chi connectivity index (χ3n) is 4.94. The molecule has 0 fully saturated rings. The first-order valence-electron chi connectivity index (χ1n) is 9.17. The second-order valence-corrected chi connectivity index (χ2v) is 6.71. The van der Waals surface area contributed by atoms with Crippen LogP contribution in [-0.4, -0.2) is 45.2 Å². The number of hydrogen-bond donors (Lipinski definition) is 1. The number of tetrazole rings is 1. The molecule has 2 heterocycles. The molecule has 0 spiro atoms. The Kier molecular flexibility index (Phi) is 4.75. The first kappa shape index (κ1) is 18.7. The van der Waals surface area contributed by atoms with Crippen LogP contribution in [0.4, 0.5) is 0 Å². The third-order valence-corrected chi connectivity index (χ3v) is 4.94. The van der Waals surface area contributed by atoms with Crippen LogP contribution in [0.15, 0.2) is 42.5 Å². The van der Waals surface area contributed by atoms with Gasteiger partial charge in [0.2, 0.25) is 5.82 Å². The van der Waals surface area contributed by atoms with Crippen LogP contribution in [0.1, 0.15) is 29.0 Å². The number of methoxy groups -OCH3 is 2. The monoisotopic (exact) mass is 391 g/mol. The number of carbonyl (C=O) groups excluding carboxylic acids is 1. The SMILES string of the molecule is COc1ccc(-c2nnn([C@H](C)C(=O)c3c(C)[nH]c4ccccc34)n2)cc1OC. The number of carbonyl (C=O) groups is 1. The molecule has 29 heavy (non-hydrogen) atoms. The van der Waals surface area contributed by atoms with Crippen LogP contribution in [0.3, 0.4) is 0 Å². The maximum Gasteiger partial charge on any atom is 0.205 e. The standard InChI is InChI=1S/C21H21N5O3/c1-12-19(15-7-5-6-8-16(15)22-12)20(27)13(2)26-24-21(23-25-26)14-9-10-17(28-3)18(11-14)29-4/h5-11,13,22H,1-4H3/t13-/m1/s1. The molecular weight excluding hydrogens is 370 g/mol. The average Bonchev–Trinajstić information content (AvgIpc) is 3.36. The van der Waals surface area contributed by atoms with Gasteiger partial charge in [-0.25, -0.2) is 0 Å². The van der Waals surface area contributed by atoms with E-state index >= 15 is 0 Å². The number of ketones is 1. The largest absolute Gasteiger partial charge is 0.493 e. The molecule has 0 saturated heterocycles. The summed E-state index contributed by atoms with van der Waals surface area (Å²) in [5.41, 5.74) is 3.12. The molecule has 1 N–H and O–H groups in total. The van der Waals surface area contributed by atoms with Gasteiger partial charge >= 0.3 is 0 Å². The van der Waals surface area contributed by atoms with E-state index in [9.17, 15) is 4.79 Å².